The zero-order chi connectivity index (χ0) is 23.4. The number of halogens is 2. The van der Waals surface area contributed by atoms with Crippen LogP contribution in [0.5, 0.6) is 11.6 Å². The van der Waals surface area contributed by atoms with Crippen LogP contribution in [-0.4, -0.2) is 46.7 Å². The minimum absolute atomic E-state index is 0.0694. The topological polar surface area (TPSA) is 66.7 Å². The van der Waals surface area contributed by atoms with Gasteiger partial charge >= 0.3 is 0 Å². The van der Waals surface area contributed by atoms with E-state index >= 15 is 0 Å². The molecule has 2 N–H and O–H groups in total. The van der Waals surface area contributed by atoms with E-state index in [2.05, 4.69) is 10.2 Å². The largest absolute Gasteiger partial charge is 0.494 e. The number of carbonyl (C=O) groups excluding carboxylic acids is 1. The number of hydrogen-bond acceptors (Lipinski definition) is 4. The first kappa shape index (κ1) is 23.5. The molecule has 1 amide bonds. The number of amides is 1. The van der Waals surface area contributed by atoms with Crippen LogP contribution >= 0.6 is 23.2 Å². The van der Waals surface area contributed by atoms with Crippen molar-refractivity contribution in [3.8, 4) is 28.4 Å². The zero-order valence-electron chi connectivity index (χ0n) is 18.5. The minimum Gasteiger partial charge on any atom is -0.494 e. The molecule has 33 heavy (non-hydrogen) atoms. The van der Waals surface area contributed by atoms with Crippen LogP contribution in [0.4, 0.5) is 5.69 Å². The van der Waals surface area contributed by atoms with Gasteiger partial charge in [0, 0.05) is 31.3 Å². The van der Waals surface area contributed by atoms with Crippen molar-refractivity contribution in [3.05, 3.63) is 58.7 Å². The number of piperidine rings is 1. The maximum absolute atomic E-state index is 11.7. The summed E-state index contributed by atoms with van der Waals surface area (Å²) < 4.78 is 7.74. The summed E-state index contributed by atoms with van der Waals surface area (Å²) in [6.45, 7) is 5.00. The first-order valence-corrected chi connectivity index (χ1v) is 11.8. The lowest BCUT2D eigenvalue weighted by Crippen LogP contribution is -2.33. The maximum atomic E-state index is 11.7. The molecule has 0 bridgehead atoms. The van der Waals surface area contributed by atoms with Crippen molar-refractivity contribution >= 4 is 34.8 Å². The van der Waals surface area contributed by atoms with E-state index in [-0.39, 0.29) is 11.8 Å². The summed E-state index contributed by atoms with van der Waals surface area (Å²) in [7, 11) is 0. The van der Waals surface area contributed by atoms with Crippen molar-refractivity contribution < 1.29 is 14.6 Å². The Morgan fingerprint density at radius 2 is 1.85 bits per heavy atom. The van der Waals surface area contributed by atoms with E-state index < -0.39 is 0 Å². The van der Waals surface area contributed by atoms with Gasteiger partial charge in [-0.2, -0.15) is 0 Å². The Bertz CT molecular complexity index is 1140. The molecule has 4 rings (SSSR count). The molecule has 1 aliphatic heterocycles. The predicted molar refractivity (Wildman–Crippen MR) is 133 cm³/mol. The smallest absolute Gasteiger partial charge is 0.221 e. The van der Waals surface area contributed by atoms with E-state index in [1.54, 1.807) is 29.0 Å². The second-order valence-electron chi connectivity index (χ2n) is 8.16. The van der Waals surface area contributed by atoms with Gasteiger partial charge in [-0.15, -0.1) is 0 Å². The fraction of sp³-hybridized carbons (Fsp3) is 0.320. The molecule has 1 saturated heterocycles. The Kier molecular flexibility index (Phi) is 7.48. The molecule has 1 aliphatic rings. The van der Waals surface area contributed by atoms with Gasteiger partial charge in [-0.05, 0) is 61.8 Å². The lowest BCUT2D eigenvalue weighted by Gasteiger charge is -2.26. The lowest BCUT2D eigenvalue weighted by molar-refractivity contribution is -0.114. The number of aromatic hydroxyl groups is 1. The SMILES string of the molecule is CC(=O)Nc1ccc(-n2ccc(-c3ccc(Cl)c(Cl)c3)c2O)cc1OCCN1CCCCC1. The number of anilines is 1. The highest BCUT2D eigenvalue weighted by molar-refractivity contribution is 6.42. The van der Waals surface area contributed by atoms with Gasteiger partial charge in [0.25, 0.3) is 0 Å². The Morgan fingerprint density at radius 3 is 2.58 bits per heavy atom. The third-order valence-electron chi connectivity index (χ3n) is 5.76. The Hall–Kier alpha value is -2.67. The van der Waals surface area contributed by atoms with Crippen LogP contribution in [0.25, 0.3) is 16.8 Å². The molecule has 3 aromatic rings. The lowest BCUT2D eigenvalue weighted by atomic mass is 10.1. The van der Waals surface area contributed by atoms with E-state index in [1.807, 2.05) is 24.3 Å². The summed E-state index contributed by atoms with van der Waals surface area (Å²) in [5, 5.41) is 14.6. The monoisotopic (exact) mass is 487 g/mol. The van der Waals surface area contributed by atoms with E-state index in [1.165, 1.54) is 26.2 Å². The summed E-state index contributed by atoms with van der Waals surface area (Å²) in [5.41, 5.74) is 2.70. The summed E-state index contributed by atoms with van der Waals surface area (Å²) in [6, 6.07) is 12.5. The molecule has 0 saturated carbocycles. The summed E-state index contributed by atoms with van der Waals surface area (Å²) in [6.07, 6.45) is 5.51. The van der Waals surface area contributed by atoms with Crippen molar-refractivity contribution in [2.75, 3.05) is 31.6 Å². The number of ether oxygens (including phenoxy) is 1. The van der Waals surface area contributed by atoms with Crippen molar-refractivity contribution in [2.24, 2.45) is 0 Å². The predicted octanol–water partition coefficient (Wildman–Crippen LogP) is 5.98. The summed E-state index contributed by atoms with van der Waals surface area (Å²) in [4.78, 5) is 14.1. The number of nitrogens with zero attached hydrogens (tertiary/aromatic N) is 2. The number of likely N-dealkylation sites (tertiary alicyclic amines) is 1. The van der Waals surface area contributed by atoms with Crippen LogP contribution in [0.1, 0.15) is 26.2 Å². The molecule has 2 heterocycles. The van der Waals surface area contributed by atoms with E-state index in [0.29, 0.717) is 39.3 Å². The fourth-order valence-electron chi connectivity index (χ4n) is 4.06. The molecule has 1 fully saturated rings. The van der Waals surface area contributed by atoms with Crippen molar-refractivity contribution in [3.63, 3.8) is 0 Å². The van der Waals surface area contributed by atoms with Gasteiger partial charge in [-0.3, -0.25) is 14.3 Å². The van der Waals surface area contributed by atoms with Crippen LogP contribution < -0.4 is 10.1 Å². The van der Waals surface area contributed by atoms with Crippen LogP contribution in [0.2, 0.25) is 10.0 Å². The quantitative estimate of drug-likeness (QED) is 0.430. The summed E-state index contributed by atoms with van der Waals surface area (Å²) >= 11 is 12.2. The molecule has 0 atom stereocenters. The number of benzene rings is 2. The second-order valence-corrected chi connectivity index (χ2v) is 8.98. The van der Waals surface area contributed by atoms with Crippen LogP contribution in [-0.2, 0) is 4.79 Å². The number of rotatable bonds is 7. The number of carbonyl (C=O) groups is 1. The summed E-state index contributed by atoms with van der Waals surface area (Å²) in [5.74, 6) is 0.457. The Morgan fingerprint density at radius 1 is 1.06 bits per heavy atom. The van der Waals surface area contributed by atoms with Crippen LogP contribution in [0.15, 0.2) is 48.7 Å². The molecule has 1 aromatic heterocycles. The van der Waals surface area contributed by atoms with Crippen LogP contribution in [0.3, 0.4) is 0 Å². The first-order chi connectivity index (χ1) is 15.9. The molecule has 0 radical (unpaired) electrons. The number of aromatic nitrogens is 1. The number of hydrogen-bond donors (Lipinski definition) is 2. The molecular formula is C25H27Cl2N3O3. The van der Waals surface area contributed by atoms with Crippen molar-refractivity contribution in [1.82, 2.24) is 9.47 Å². The molecule has 0 unspecified atom stereocenters. The van der Waals surface area contributed by atoms with Gasteiger partial charge in [-0.25, -0.2) is 0 Å². The van der Waals surface area contributed by atoms with E-state index in [0.717, 1.165) is 25.2 Å². The highest BCUT2D eigenvalue weighted by Crippen LogP contribution is 2.37. The van der Waals surface area contributed by atoms with Gasteiger partial charge in [0.1, 0.15) is 12.4 Å². The first-order valence-electron chi connectivity index (χ1n) is 11.1. The average Bonchev–Trinajstić information content (AvgIpc) is 3.18. The highest BCUT2D eigenvalue weighted by atomic mass is 35.5. The standard InChI is InChI=1S/C25H27Cl2N3O3/c1-17(31)28-23-8-6-19(16-24(23)33-14-13-29-10-3-2-4-11-29)30-12-9-20(25(30)32)18-5-7-21(26)22(27)15-18/h5-9,12,15-16,32H,2-4,10-11,13-14H2,1H3,(H,28,31). The molecular weight excluding hydrogens is 461 g/mol. The Labute approximate surface area is 203 Å². The van der Waals surface area contributed by atoms with Gasteiger partial charge in [0.2, 0.25) is 11.8 Å². The third kappa shape index (κ3) is 5.64. The molecule has 174 valence electrons. The van der Waals surface area contributed by atoms with Gasteiger partial charge in [-0.1, -0.05) is 35.7 Å². The highest BCUT2D eigenvalue weighted by Gasteiger charge is 2.16. The Balaban J connectivity index is 1.58. The zero-order valence-corrected chi connectivity index (χ0v) is 20.0. The van der Waals surface area contributed by atoms with Gasteiger partial charge in [0.05, 0.1) is 21.4 Å². The van der Waals surface area contributed by atoms with Crippen molar-refractivity contribution in [2.45, 2.75) is 26.2 Å². The third-order valence-corrected chi connectivity index (χ3v) is 6.50. The normalized spacial score (nSPS) is 14.3. The average molecular weight is 488 g/mol. The second kappa shape index (κ2) is 10.5. The van der Waals surface area contributed by atoms with E-state index in [4.69, 9.17) is 27.9 Å². The van der Waals surface area contributed by atoms with Crippen LogP contribution in [0, 0.1) is 0 Å². The molecule has 8 heteroatoms. The maximum Gasteiger partial charge on any atom is 0.221 e. The minimum atomic E-state index is -0.172. The molecule has 2 aromatic carbocycles. The van der Waals surface area contributed by atoms with Gasteiger partial charge < -0.3 is 15.2 Å². The molecule has 6 nitrogen and oxygen atoms in total. The molecule has 0 aliphatic carbocycles. The van der Waals surface area contributed by atoms with Gasteiger partial charge in [0.15, 0.2) is 0 Å². The number of nitrogens with one attached hydrogen (secondary N) is 1. The molecule has 0 spiro atoms. The van der Waals surface area contributed by atoms with Crippen molar-refractivity contribution in [1.29, 1.82) is 0 Å². The fourth-order valence-corrected chi connectivity index (χ4v) is 4.36. The van der Waals surface area contributed by atoms with E-state index in [9.17, 15) is 9.90 Å².